The smallest absolute Gasteiger partial charge is 0.325 e. The van der Waals surface area contributed by atoms with Gasteiger partial charge in [-0.15, -0.1) is 0 Å². The Morgan fingerprint density at radius 3 is 2.23 bits per heavy atom. The first-order valence-electron chi connectivity index (χ1n) is 13.0. The van der Waals surface area contributed by atoms with E-state index >= 15 is 0 Å². The van der Waals surface area contributed by atoms with Gasteiger partial charge in [-0.3, -0.25) is 9.78 Å². The highest BCUT2D eigenvalue weighted by Crippen LogP contribution is 2.42. The Morgan fingerprint density at radius 1 is 0.974 bits per heavy atom. The van der Waals surface area contributed by atoms with E-state index in [-0.39, 0.29) is 16.4 Å². The van der Waals surface area contributed by atoms with Crippen molar-refractivity contribution in [2.75, 3.05) is 5.32 Å². The fourth-order valence-corrected chi connectivity index (χ4v) is 6.04. The third-order valence-electron chi connectivity index (χ3n) is 6.97. The lowest BCUT2D eigenvalue weighted by atomic mass is 9.78. The number of anilines is 1. The largest absolute Gasteiger partial charge is 0.507 e. The van der Waals surface area contributed by atoms with Crippen LogP contribution in [-0.2, 0) is 16.6 Å². The Hall–Kier alpha value is -3.29. The number of para-hydroxylation sites is 1. The third kappa shape index (κ3) is 5.30. The van der Waals surface area contributed by atoms with Crippen LogP contribution in [0.4, 0.5) is 5.69 Å². The molecule has 0 fully saturated rings. The molecule has 1 aromatic heterocycles. The van der Waals surface area contributed by atoms with Gasteiger partial charge in [0.1, 0.15) is 5.75 Å². The van der Waals surface area contributed by atoms with Crippen LogP contribution >= 0.6 is 23.4 Å². The number of hydrogen-bond acceptors (Lipinski definition) is 5. The SMILES string of the molecule is CC(C)(C)c1cc([C@H]2Nc3ccccc3-c3c(=O)[nH]c(SCc4ccccc4Cl)n[n+]32)cc(C(C)(C)C)c1O. The van der Waals surface area contributed by atoms with Crippen molar-refractivity contribution in [3.05, 3.63) is 98.3 Å². The summed E-state index contributed by atoms with van der Waals surface area (Å²) in [4.78, 5) is 16.6. The fourth-order valence-electron chi connectivity index (χ4n) is 4.90. The molecule has 0 radical (unpaired) electrons. The summed E-state index contributed by atoms with van der Waals surface area (Å²) in [5, 5.41) is 21.1. The molecule has 1 aliphatic rings. The second-order valence-corrected chi connectivity index (χ2v) is 13.4. The van der Waals surface area contributed by atoms with Crippen LogP contribution in [0.5, 0.6) is 5.75 Å². The molecule has 1 aliphatic heterocycles. The predicted molar refractivity (Wildman–Crippen MR) is 159 cm³/mol. The zero-order valence-corrected chi connectivity index (χ0v) is 24.7. The topological polar surface area (TPSA) is 81.9 Å². The van der Waals surface area contributed by atoms with Gasteiger partial charge in [-0.25, -0.2) is 0 Å². The number of benzene rings is 3. The zero-order chi connectivity index (χ0) is 28.1. The van der Waals surface area contributed by atoms with Gasteiger partial charge in [0.05, 0.1) is 11.3 Å². The molecule has 5 rings (SSSR count). The molecule has 3 aromatic carbocycles. The van der Waals surface area contributed by atoms with E-state index in [2.05, 4.69) is 51.8 Å². The minimum absolute atomic E-state index is 0.212. The number of aromatic nitrogens is 3. The van der Waals surface area contributed by atoms with Crippen molar-refractivity contribution < 1.29 is 9.79 Å². The summed E-state index contributed by atoms with van der Waals surface area (Å²) in [5.74, 6) is 0.883. The van der Waals surface area contributed by atoms with Crippen LogP contribution < -0.4 is 15.6 Å². The number of aromatic amines is 1. The van der Waals surface area contributed by atoms with Crippen LogP contribution in [-0.4, -0.2) is 15.2 Å². The molecule has 0 aliphatic carbocycles. The van der Waals surface area contributed by atoms with Gasteiger partial charge in [-0.1, -0.05) is 95.2 Å². The van der Waals surface area contributed by atoms with Crippen LogP contribution in [0.25, 0.3) is 11.3 Å². The van der Waals surface area contributed by atoms with Gasteiger partial charge >= 0.3 is 11.3 Å². The summed E-state index contributed by atoms with van der Waals surface area (Å²) in [6, 6.07) is 19.5. The van der Waals surface area contributed by atoms with Gasteiger partial charge in [-0.2, -0.15) is 0 Å². The molecule has 202 valence electrons. The lowest BCUT2D eigenvalue weighted by molar-refractivity contribution is -0.759. The van der Waals surface area contributed by atoms with Crippen molar-refractivity contribution in [3.63, 3.8) is 0 Å². The molecule has 4 aromatic rings. The number of phenolic OH excluding ortho intramolecular Hbond substituents is 1. The maximum Gasteiger partial charge on any atom is 0.325 e. The molecule has 39 heavy (non-hydrogen) atoms. The van der Waals surface area contributed by atoms with Crippen LogP contribution in [0, 0.1) is 0 Å². The van der Waals surface area contributed by atoms with Crippen LogP contribution in [0.3, 0.4) is 0 Å². The number of rotatable bonds is 4. The first-order valence-corrected chi connectivity index (χ1v) is 14.4. The number of aromatic hydroxyl groups is 1. The fraction of sp³-hybridized carbons (Fsp3) is 0.323. The van der Waals surface area contributed by atoms with Crippen LogP contribution in [0.1, 0.15) is 70.0 Å². The molecular weight excluding hydrogens is 528 g/mol. The molecule has 6 nitrogen and oxygen atoms in total. The summed E-state index contributed by atoms with van der Waals surface area (Å²) < 4.78 is 1.78. The van der Waals surface area contributed by atoms with E-state index in [4.69, 9.17) is 16.7 Å². The maximum atomic E-state index is 13.6. The Balaban J connectivity index is 1.68. The number of phenols is 1. The molecule has 8 heteroatoms. The minimum Gasteiger partial charge on any atom is -0.507 e. The normalized spacial score (nSPS) is 14.9. The number of nitrogens with one attached hydrogen (secondary N) is 2. The second kappa shape index (κ2) is 10.0. The van der Waals surface area contributed by atoms with E-state index in [1.54, 1.807) is 4.68 Å². The van der Waals surface area contributed by atoms with Gasteiger partial charge in [0, 0.05) is 32.6 Å². The minimum atomic E-state index is -0.459. The number of halogens is 1. The number of hydrogen-bond donors (Lipinski definition) is 3. The maximum absolute atomic E-state index is 13.6. The number of fused-ring (bicyclic) bond motifs is 3. The zero-order valence-electron chi connectivity index (χ0n) is 23.1. The monoisotopic (exact) mass is 561 g/mol. The molecule has 0 unspecified atom stereocenters. The van der Waals surface area contributed by atoms with Crippen molar-refractivity contribution in [3.8, 4) is 17.0 Å². The Kier molecular flexibility index (Phi) is 7.02. The van der Waals surface area contributed by atoms with E-state index in [1.807, 2.05) is 60.7 Å². The molecule has 0 spiro atoms. The molecule has 2 heterocycles. The average molecular weight is 562 g/mol. The van der Waals surface area contributed by atoms with Gasteiger partial charge in [-0.05, 0) is 51.4 Å². The lowest BCUT2D eigenvalue weighted by Crippen LogP contribution is -2.55. The standard InChI is InChI=1S/C31H33ClN4O2S/c1-30(2,3)21-15-19(16-22(26(21)37)31(4,5)6)27-33-24-14-10-8-12-20(24)25-28(38)34-29(35-36(25)27)39-17-18-11-7-9-13-23(18)32/h7-16,27H,17H2,1-6H3,(H2,34,35,37,38)/p+1/t27-/m0/s1. The first-order chi connectivity index (χ1) is 18.3. The molecule has 0 bridgehead atoms. The third-order valence-corrected chi connectivity index (χ3v) is 8.25. The van der Waals surface area contributed by atoms with Crippen molar-refractivity contribution in [2.24, 2.45) is 0 Å². The van der Waals surface area contributed by atoms with Gasteiger partial charge < -0.3 is 10.4 Å². The van der Waals surface area contributed by atoms with Crippen molar-refractivity contribution in [1.29, 1.82) is 0 Å². The van der Waals surface area contributed by atoms with Crippen molar-refractivity contribution in [1.82, 2.24) is 10.1 Å². The summed E-state index contributed by atoms with van der Waals surface area (Å²) in [5.41, 5.74) is 4.92. The Bertz CT molecular complexity index is 1580. The summed E-state index contributed by atoms with van der Waals surface area (Å²) in [6.07, 6.45) is -0.459. The lowest BCUT2D eigenvalue weighted by Gasteiger charge is -2.30. The first kappa shape index (κ1) is 27.3. The quantitative estimate of drug-likeness (QED) is 0.186. The van der Waals surface area contributed by atoms with E-state index in [0.29, 0.717) is 27.4 Å². The molecule has 0 amide bonds. The van der Waals surface area contributed by atoms with Gasteiger partial charge in [0.15, 0.2) is 0 Å². The average Bonchev–Trinajstić information content (AvgIpc) is 2.86. The van der Waals surface area contributed by atoms with Gasteiger partial charge in [0.2, 0.25) is 5.16 Å². The molecular formula is C31H34ClN4O2S+. The highest BCUT2D eigenvalue weighted by molar-refractivity contribution is 7.98. The molecule has 0 saturated carbocycles. The predicted octanol–water partition coefficient (Wildman–Crippen LogP) is 6.94. The van der Waals surface area contributed by atoms with E-state index in [1.165, 1.54) is 11.8 Å². The van der Waals surface area contributed by atoms with Crippen LogP contribution in [0.2, 0.25) is 5.02 Å². The highest BCUT2D eigenvalue weighted by atomic mass is 35.5. The number of thioether (sulfide) groups is 1. The Morgan fingerprint density at radius 2 is 1.59 bits per heavy atom. The van der Waals surface area contributed by atoms with E-state index < -0.39 is 6.17 Å². The van der Waals surface area contributed by atoms with E-state index in [0.717, 1.165) is 33.5 Å². The number of nitrogens with zero attached hydrogens (tertiary/aromatic N) is 2. The second-order valence-electron chi connectivity index (χ2n) is 12.0. The van der Waals surface area contributed by atoms with Gasteiger partial charge in [0.25, 0.3) is 6.17 Å². The van der Waals surface area contributed by atoms with Crippen LogP contribution in [0.15, 0.2) is 70.6 Å². The van der Waals surface area contributed by atoms with Crippen molar-refractivity contribution in [2.45, 2.75) is 69.4 Å². The van der Waals surface area contributed by atoms with Crippen molar-refractivity contribution >= 4 is 29.1 Å². The highest BCUT2D eigenvalue weighted by Gasteiger charge is 2.39. The molecule has 3 N–H and O–H groups in total. The molecule has 1 atom stereocenters. The summed E-state index contributed by atoms with van der Waals surface area (Å²) in [7, 11) is 0. The number of H-pyrrole nitrogens is 1. The summed E-state index contributed by atoms with van der Waals surface area (Å²) in [6.45, 7) is 12.6. The summed E-state index contributed by atoms with van der Waals surface area (Å²) >= 11 is 7.80. The molecule has 0 saturated heterocycles. The van der Waals surface area contributed by atoms with E-state index in [9.17, 15) is 9.90 Å². The Labute approximate surface area is 238 Å².